The third-order valence-electron chi connectivity index (χ3n) is 2.58. The first kappa shape index (κ1) is 9.30. The molecule has 0 aliphatic heterocycles. The second-order valence-electron chi connectivity index (χ2n) is 3.74. The minimum atomic E-state index is -0.631. The van der Waals surface area contributed by atoms with Crippen LogP contribution in [0.3, 0.4) is 0 Å². The molecule has 1 aliphatic rings. The highest BCUT2D eigenvalue weighted by molar-refractivity contribution is 5.31. The maximum atomic E-state index is 9.59. The highest BCUT2D eigenvalue weighted by atomic mass is 16.3. The lowest BCUT2D eigenvalue weighted by Gasteiger charge is -2.04. The van der Waals surface area contributed by atoms with Crippen LogP contribution in [0.2, 0.25) is 0 Å². The lowest BCUT2D eigenvalue weighted by atomic mass is 10.0. The first-order chi connectivity index (χ1) is 6.81. The molecule has 1 aliphatic carbocycles. The average Bonchev–Trinajstić information content (AvgIpc) is 3.02. The second kappa shape index (κ2) is 3.86. The summed E-state index contributed by atoms with van der Waals surface area (Å²) in [4.78, 5) is 0. The van der Waals surface area contributed by atoms with Gasteiger partial charge in [-0.05, 0) is 36.8 Å². The standard InChI is InChI=1S/C13H14O/c1-2-3-13(14)12-8-6-11(7-9-12)10-4-5-10/h6-10,13-14H,4-5H2,1H3. The van der Waals surface area contributed by atoms with Crippen LogP contribution >= 0.6 is 0 Å². The maximum Gasteiger partial charge on any atom is 0.140 e. The fourth-order valence-electron chi connectivity index (χ4n) is 1.59. The van der Waals surface area contributed by atoms with Gasteiger partial charge < -0.3 is 5.11 Å². The van der Waals surface area contributed by atoms with E-state index in [1.54, 1.807) is 6.92 Å². The van der Waals surface area contributed by atoms with Crippen molar-refractivity contribution in [3.8, 4) is 11.8 Å². The molecular weight excluding hydrogens is 172 g/mol. The van der Waals surface area contributed by atoms with Gasteiger partial charge in [0.25, 0.3) is 0 Å². The molecule has 14 heavy (non-hydrogen) atoms. The van der Waals surface area contributed by atoms with E-state index in [-0.39, 0.29) is 0 Å². The van der Waals surface area contributed by atoms with Crippen molar-refractivity contribution < 1.29 is 5.11 Å². The Morgan fingerprint density at radius 1 is 1.29 bits per heavy atom. The summed E-state index contributed by atoms with van der Waals surface area (Å²) in [6.45, 7) is 1.74. The van der Waals surface area contributed by atoms with Crippen molar-refractivity contribution in [1.29, 1.82) is 0 Å². The van der Waals surface area contributed by atoms with E-state index in [2.05, 4.69) is 24.0 Å². The lowest BCUT2D eigenvalue weighted by Crippen LogP contribution is -1.93. The van der Waals surface area contributed by atoms with Crippen LogP contribution in [0.15, 0.2) is 24.3 Å². The van der Waals surface area contributed by atoms with Crippen molar-refractivity contribution in [1.82, 2.24) is 0 Å². The molecule has 1 aromatic rings. The molecule has 0 spiro atoms. The number of aliphatic hydroxyl groups excluding tert-OH is 1. The molecule has 1 unspecified atom stereocenters. The quantitative estimate of drug-likeness (QED) is 0.704. The first-order valence-corrected chi connectivity index (χ1v) is 5.01. The molecule has 2 rings (SSSR count). The lowest BCUT2D eigenvalue weighted by molar-refractivity contribution is 0.238. The Morgan fingerprint density at radius 3 is 2.43 bits per heavy atom. The molecule has 0 saturated heterocycles. The Morgan fingerprint density at radius 2 is 1.93 bits per heavy atom. The number of hydrogen-bond donors (Lipinski definition) is 1. The number of benzene rings is 1. The van der Waals surface area contributed by atoms with Crippen molar-refractivity contribution in [3.63, 3.8) is 0 Å². The van der Waals surface area contributed by atoms with Gasteiger partial charge in [0.05, 0.1) is 0 Å². The maximum absolute atomic E-state index is 9.59. The van der Waals surface area contributed by atoms with Gasteiger partial charge in [-0.15, -0.1) is 5.92 Å². The molecular formula is C13H14O. The number of aliphatic hydroxyl groups is 1. The molecule has 0 amide bonds. The van der Waals surface area contributed by atoms with Crippen LogP contribution in [0.1, 0.15) is 42.9 Å². The largest absolute Gasteiger partial charge is 0.376 e. The molecule has 1 aromatic carbocycles. The van der Waals surface area contributed by atoms with E-state index in [1.165, 1.54) is 18.4 Å². The van der Waals surface area contributed by atoms with Crippen molar-refractivity contribution in [3.05, 3.63) is 35.4 Å². The van der Waals surface area contributed by atoms with E-state index in [1.807, 2.05) is 12.1 Å². The van der Waals surface area contributed by atoms with Crippen molar-refractivity contribution in [2.24, 2.45) is 0 Å². The topological polar surface area (TPSA) is 20.2 Å². The van der Waals surface area contributed by atoms with Crippen LogP contribution < -0.4 is 0 Å². The highest BCUT2D eigenvalue weighted by Crippen LogP contribution is 2.40. The molecule has 1 heteroatoms. The SMILES string of the molecule is CC#CC(O)c1ccc(C2CC2)cc1. The molecule has 72 valence electrons. The first-order valence-electron chi connectivity index (χ1n) is 5.01. The van der Waals surface area contributed by atoms with Crippen molar-refractivity contribution in [2.75, 3.05) is 0 Å². The molecule has 1 fully saturated rings. The minimum Gasteiger partial charge on any atom is -0.376 e. The summed E-state index contributed by atoms with van der Waals surface area (Å²) < 4.78 is 0. The summed E-state index contributed by atoms with van der Waals surface area (Å²) in [6.07, 6.45) is 2.00. The number of hydrogen-bond acceptors (Lipinski definition) is 1. The van der Waals surface area contributed by atoms with E-state index in [9.17, 15) is 5.11 Å². The molecule has 0 bridgehead atoms. The van der Waals surface area contributed by atoms with Crippen LogP contribution in [0.4, 0.5) is 0 Å². The Labute approximate surface area is 84.8 Å². The zero-order valence-corrected chi connectivity index (χ0v) is 8.33. The van der Waals surface area contributed by atoms with Gasteiger partial charge in [-0.2, -0.15) is 0 Å². The van der Waals surface area contributed by atoms with Crippen molar-refractivity contribution >= 4 is 0 Å². The van der Waals surface area contributed by atoms with E-state index < -0.39 is 6.10 Å². The van der Waals surface area contributed by atoms with Crippen molar-refractivity contribution in [2.45, 2.75) is 31.8 Å². The summed E-state index contributed by atoms with van der Waals surface area (Å²) >= 11 is 0. The Bertz CT molecular complexity index is 362. The van der Waals surface area contributed by atoms with Gasteiger partial charge in [0.15, 0.2) is 0 Å². The average molecular weight is 186 g/mol. The number of rotatable bonds is 2. The van der Waals surface area contributed by atoms with Crippen LogP contribution in [0.25, 0.3) is 0 Å². The molecule has 1 N–H and O–H groups in total. The fraction of sp³-hybridized carbons (Fsp3) is 0.385. The fourth-order valence-corrected chi connectivity index (χ4v) is 1.59. The van der Waals surface area contributed by atoms with Gasteiger partial charge in [0, 0.05) is 0 Å². The van der Waals surface area contributed by atoms with E-state index in [4.69, 9.17) is 0 Å². The van der Waals surface area contributed by atoms with Crippen LogP contribution in [-0.2, 0) is 0 Å². The molecule has 0 heterocycles. The molecule has 0 aromatic heterocycles. The zero-order valence-electron chi connectivity index (χ0n) is 8.33. The Kier molecular flexibility index (Phi) is 2.56. The summed E-state index contributed by atoms with van der Waals surface area (Å²) in [5.41, 5.74) is 2.29. The van der Waals surface area contributed by atoms with Gasteiger partial charge >= 0.3 is 0 Å². The third kappa shape index (κ3) is 1.97. The van der Waals surface area contributed by atoms with Gasteiger partial charge in [-0.3, -0.25) is 0 Å². The van der Waals surface area contributed by atoms with Crippen LogP contribution in [0.5, 0.6) is 0 Å². The van der Waals surface area contributed by atoms with Gasteiger partial charge in [-0.25, -0.2) is 0 Å². The monoisotopic (exact) mass is 186 g/mol. The molecule has 0 radical (unpaired) electrons. The van der Waals surface area contributed by atoms with Gasteiger partial charge in [0.2, 0.25) is 0 Å². The highest BCUT2D eigenvalue weighted by Gasteiger charge is 2.23. The molecule has 1 saturated carbocycles. The smallest absolute Gasteiger partial charge is 0.140 e. The van der Waals surface area contributed by atoms with E-state index in [0.717, 1.165) is 11.5 Å². The molecule has 1 nitrogen and oxygen atoms in total. The van der Waals surface area contributed by atoms with Gasteiger partial charge in [-0.1, -0.05) is 30.2 Å². The minimum absolute atomic E-state index is 0.631. The summed E-state index contributed by atoms with van der Waals surface area (Å²) in [5.74, 6) is 6.22. The third-order valence-corrected chi connectivity index (χ3v) is 2.58. The van der Waals surface area contributed by atoms with Crippen LogP contribution in [0, 0.1) is 11.8 Å². The van der Waals surface area contributed by atoms with E-state index >= 15 is 0 Å². The van der Waals surface area contributed by atoms with Crippen LogP contribution in [-0.4, -0.2) is 5.11 Å². The molecule has 1 atom stereocenters. The zero-order chi connectivity index (χ0) is 9.97. The van der Waals surface area contributed by atoms with Gasteiger partial charge in [0.1, 0.15) is 6.10 Å². The summed E-state index contributed by atoms with van der Waals surface area (Å²) in [6, 6.07) is 8.16. The predicted octanol–water partition coefficient (Wildman–Crippen LogP) is 2.62. The Balaban J connectivity index is 2.14. The Hall–Kier alpha value is -1.26. The van der Waals surface area contributed by atoms with E-state index in [0.29, 0.717) is 0 Å². The normalized spacial score (nSPS) is 17.0. The summed E-state index contributed by atoms with van der Waals surface area (Å²) in [5, 5.41) is 9.59. The predicted molar refractivity (Wildman–Crippen MR) is 56.8 cm³/mol. The summed E-state index contributed by atoms with van der Waals surface area (Å²) in [7, 11) is 0. The second-order valence-corrected chi connectivity index (χ2v) is 3.74.